The van der Waals surface area contributed by atoms with Gasteiger partial charge in [0.15, 0.2) is 6.61 Å². The molecule has 0 heterocycles. The molecule has 3 saturated carbocycles. The molecule has 0 radical (unpaired) electrons. The third-order valence-corrected chi connectivity index (χ3v) is 11.4. The van der Waals surface area contributed by atoms with Crippen LogP contribution in [-0.4, -0.2) is 41.6 Å². The number of hydrogen-bond donors (Lipinski definition) is 1. The van der Waals surface area contributed by atoms with Gasteiger partial charge < -0.3 is 19.3 Å². The van der Waals surface area contributed by atoms with E-state index in [0.717, 1.165) is 30.4 Å². The highest BCUT2D eigenvalue weighted by Crippen LogP contribution is 2.68. The zero-order valence-electron chi connectivity index (χ0n) is 26.9. The minimum atomic E-state index is -0.743. The van der Waals surface area contributed by atoms with Crippen LogP contribution in [0.1, 0.15) is 70.9 Å². The molecule has 0 aromatic heterocycles. The van der Waals surface area contributed by atoms with E-state index in [-0.39, 0.29) is 29.0 Å². The summed E-state index contributed by atoms with van der Waals surface area (Å²) in [6, 6.07) is 17.2. The molecule has 8 atom stereocenters. The van der Waals surface area contributed by atoms with Crippen molar-refractivity contribution in [1.82, 2.24) is 0 Å². The summed E-state index contributed by atoms with van der Waals surface area (Å²) < 4.78 is 17.3. The van der Waals surface area contributed by atoms with E-state index in [1.165, 1.54) is 6.08 Å². The lowest BCUT2D eigenvalue weighted by molar-refractivity contribution is -0.208. The first kappa shape index (κ1) is 32.7. The molecule has 240 valence electrons. The van der Waals surface area contributed by atoms with Gasteiger partial charge in [-0.3, -0.25) is 4.79 Å². The molecular formula is C38H46O7. The molecule has 0 aliphatic heterocycles. The molecule has 2 bridgehead atoms. The second-order valence-corrected chi connectivity index (χ2v) is 13.9. The lowest BCUT2D eigenvalue weighted by Crippen LogP contribution is -2.63. The number of carbonyl (C=O) groups excluding carboxylic acids is 3. The Balaban J connectivity index is 1.26. The molecule has 0 unspecified atom stereocenters. The maximum absolute atomic E-state index is 13.5. The molecule has 5 rings (SSSR count). The van der Waals surface area contributed by atoms with E-state index >= 15 is 0 Å². The van der Waals surface area contributed by atoms with Crippen LogP contribution in [0.15, 0.2) is 73.3 Å². The zero-order chi connectivity index (χ0) is 32.4. The van der Waals surface area contributed by atoms with Crippen molar-refractivity contribution in [3.8, 4) is 5.75 Å². The van der Waals surface area contributed by atoms with Gasteiger partial charge in [-0.15, -0.1) is 6.58 Å². The zero-order valence-corrected chi connectivity index (χ0v) is 26.9. The van der Waals surface area contributed by atoms with Crippen LogP contribution in [0, 0.1) is 34.0 Å². The molecule has 2 aromatic rings. The normalized spacial score (nSPS) is 34.3. The Kier molecular flexibility index (Phi) is 9.41. The number of rotatable bonds is 9. The van der Waals surface area contributed by atoms with Crippen LogP contribution in [0.2, 0.25) is 0 Å². The minimum Gasteiger partial charge on any atom is -0.489 e. The fourth-order valence-corrected chi connectivity index (χ4v) is 8.49. The summed E-state index contributed by atoms with van der Waals surface area (Å²) in [7, 11) is 0. The molecule has 3 aliphatic carbocycles. The van der Waals surface area contributed by atoms with Crippen LogP contribution in [0.4, 0.5) is 0 Å². The SMILES string of the molecule is C=C[C@]1(C)C[C@@H](OC(=O)COC(=O)/C=C/c2cccc(OCc3ccccc3)c2)[C@]2(C)[C@H](C)CC[C@]3(CCC(=O)[C@H]32)[C@@H](C)[C@@H]1O. The van der Waals surface area contributed by atoms with Gasteiger partial charge in [-0.25, -0.2) is 9.59 Å². The summed E-state index contributed by atoms with van der Waals surface area (Å²) in [4.78, 5) is 39.4. The summed E-state index contributed by atoms with van der Waals surface area (Å²) in [5, 5.41) is 11.7. The number of hydrogen-bond acceptors (Lipinski definition) is 7. The molecule has 0 amide bonds. The number of esters is 2. The van der Waals surface area contributed by atoms with E-state index in [4.69, 9.17) is 14.2 Å². The minimum absolute atomic E-state index is 0.107. The molecule has 1 N–H and O–H groups in total. The van der Waals surface area contributed by atoms with Crippen molar-refractivity contribution >= 4 is 23.8 Å². The van der Waals surface area contributed by atoms with E-state index in [1.54, 1.807) is 12.2 Å². The molecule has 7 heteroatoms. The Morgan fingerprint density at radius 2 is 1.82 bits per heavy atom. The van der Waals surface area contributed by atoms with E-state index in [2.05, 4.69) is 27.4 Å². The molecule has 3 fully saturated rings. The highest BCUT2D eigenvalue weighted by atomic mass is 16.6. The molecular weight excluding hydrogens is 568 g/mol. The van der Waals surface area contributed by atoms with Crippen LogP contribution in [-0.2, 0) is 30.5 Å². The molecule has 45 heavy (non-hydrogen) atoms. The van der Waals surface area contributed by atoms with E-state index in [0.29, 0.717) is 25.2 Å². The monoisotopic (exact) mass is 614 g/mol. The third-order valence-electron chi connectivity index (χ3n) is 11.4. The van der Waals surface area contributed by atoms with Crippen LogP contribution in [0.5, 0.6) is 5.75 Å². The number of carbonyl (C=O) groups is 3. The fraction of sp³-hybridized carbons (Fsp3) is 0.500. The Labute approximate surface area is 266 Å². The predicted octanol–water partition coefficient (Wildman–Crippen LogP) is 6.73. The average molecular weight is 615 g/mol. The van der Waals surface area contributed by atoms with Crippen molar-refractivity contribution in [3.63, 3.8) is 0 Å². The average Bonchev–Trinajstić information content (AvgIpc) is 3.40. The lowest BCUT2D eigenvalue weighted by atomic mass is 9.44. The Morgan fingerprint density at radius 1 is 1.07 bits per heavy atom. The quantitative estimate of drug-likeness (QED) is 0.190. The van der Waals surface area contributed by atoms with Gasteiger partial charge in [-0.1, -0.05) is 76.2 Å². The van der Waals surface area contributed by atoms with Gasteiger partial charge >= 0.3 is 11.9 Å². The fourth-order valence-electron chi connectivity index (χ4n) is 8.49. The van der Waals surface area contributed by atoms with Crippen LogP contribution >= 0.6 is 0 Å². The van der Waals surface area contributed by atoms with Crippen LogP contribution in [0.25, 0.3) is 6.08 Å². The first-order chi connectivity index (χ1) is 21.4. The Bertz CT molecular complexity index is 1450. The standard InChI is InChI=1S/C38H46O7/c1-6-36(4)22-31(37(5)25(2)17-19-38(26(3)35(36)42)20-18-30(39)34(37)38)45-33(41)24-44-32(40)16-15-27-13-10-14-29(21-27)43-23-28-11-8-7-9-12-28/h6-16,21,25-26,31,34-35,42H,1,17-20,22-24H2,2-5H3/b16-15+/t25-,26+,31-,34+,35+,36-,37+,38+/m1/s1. The third kappa shape index (κ3) is 6.24. The maximum Gasteiger partial charge on any atom is 0.344 e. The predicted molar refractivity (Wildman–Crippen MR) is 172 cm³/mol. The summed E-state index contributed by atoms with van der Waals surface area (Å²) >= 11 is 0. The van der Waals surface area contributed by atoms with Crippen LogP contribution in [0.3, 0.4) is 0 Å². The number of ketones is 1. The molecule has 3 aliphatic rings. The van der Waals surface area contributed by atoms with E-state index in [9.17, 15) is 19.5 Å². The second kappa shape index (κ2) is 13.0. The van der Waals surface area contributed by atoms with Gasteiger partial charge in [0.2, 0.25) is 0 Å². The Morgan fingerprint density at radius 3 is 2.56 bits per heavy atom. The molecule has 0 saturated heterocycles. The van der Waals surface area contributed by atoms with Gasteiger partial charge in [-0.05, 0) is 72.3 Å². The summed E-state index contributed by atoms with van der Waals surface area (Å²) in [6.07, 6.45) is 6.50. The number of aliphatic hydroxyl groups excluding tert-OH is 1. The largest absolute Gasteiger partial charge is 0.489 e. The summed E-state index contributed by atoms with van der Waals surface area (Å²) in [5.41, 5.74) is 0.0843. The highest BCUT2D eigenvalue weighted by Gasteiger charge is 2.68. The van der Waals surface area contributed by atoms with Gasteiger partial charge in [0, 0.05) is 29.2 Å². The van der Waals surface area contributed by atoms with Crippen molar-refractivity contribution in [3.05, 3.63) is 84.5 Å². The molecule has 0 spiro atoms. The number of aliphatic hydroxyl groups is 1. The van der Waals surface area contributed by atoms with Crippen molar-refractivity contribution in [2.75, 3.05) is 6.61 Å². The van der Waals surface area contributed by atoms with Gasteiger partial charge in [-0.2, -0.15) is 0 Å². The van der Waals surface area contributed by atoms with Gasteiger partial charge in [0.1, 0.15) is 24.2 Å². The summed E-state index contributed by atoms with van der Waals surface area (Å²) in [5.74, 6) is -0.807. The number of benzene rings is 2. The number of ether oxygens (including phenoxy) is 3. The number of Topliss-reactive ketones (excluding diaryl/α,β-unsaturated/α-hetero) is 1. The van der Waals surface area contributed by atoms with Crippen molar-refractivity contribution < 1.29 is 33.7 Å². The second-order valence-electron chi connectivity index (χ2n) is 13.9. The van der Waals surface area contributed by atoms with Gasteiger partial charge in [0.05, 0.1) is 6.10 Å². The van der Waals surface area contributed by atoms with Crippen molar-refractivity contribution in [2.45, 2.75) is 78.6 Å². The smallest absolute Gasteiger partial charge is 0.344 e. The lowest BCUT2D eigenvalue weighted by Gasteiger charge is -2.61. The van der Waals surface area contributed by atoms with E-state index < -0.39 is 41.6 Å². The topological polar surface area (TPSA) is 99.1 Å². The molecule has 2 aromatic carbocycles. The molecule has 7 nitrogen and oxygen atoms in total. The maximum atomic E-state index is 13.5. The Hall–Kier alpha value is -3.71. The highest BCUT2D eigenvalue weighted by molar-refractivity contribution is 5.89. The van der Waals surface area contributed by atoms with Crippen LogP contribution < -0.4 is 4.74 Å². The van der Waals surface area contributed by atoms with E-state index in [1.807, 2.05) is 61.5 Å². The first-order valence-electron chi connectivity index (χ1n) is 16.1. The van der Waals surface area contributed by atoms with Crippen molar-refractivity contribution in [2.24, 2.45) is 34.0 Å². The van der Waals surface area contributed by atoms with Crippen molar-refractivity contribution in [1.29, 1.82) is 0 Å². The van der Waals surface area contributed by atoms with Gasteiger partial charge in [0.25, 0.3) is 0 Å². The summed E-state index contributed by atoms with van der Waals surface area (Å²) in [6.45, 7) is 12.2. The first-order valence-corrected chi connectivity index (χ1v) is 16.1.